The second-order valence-electron chi connectivity index (χ2n) is 6.44. The predicted molar refractivity (Wildman–Crippen MR) is 81.4 cm³/mol. The van der Waals surface area contributed by atoms with Gasteiger partial charge in [-0.15, -0.1) is 0 Å². The van der Waals surface area contributed by atoms with Crippen LogP contribution in [0.15, 0.2) is 29.2 Å². The molecule has 112 valence electrons. The molecule has 0 spiro atoms. The Morgan fingerprint density at radius 3 is 2.30 bits per heavy atom. The zero-order chi connectivity index (χ0) is 15.0. The molecule has 1 unspecified atom stereocenters. The van der Waals surface area contributed by atoms with E-state index in [0.717, 1.165) is 5.56 Å². The molecule has 1 aliphatic rings. The van der Waals surface area contributed by atoms with E-state index in [0.29, 0.717) is 24.5 Å². The summed E-state index contributed by atoms with van der Waals surface area (Å²) in [5.74, 6) is 0. The van der Waals surface area contributed by atoms with E-state index in [2.05, 4.69) is 26.1 Å². The molecule has 0 radical (unpaired) electrons. The highest BCUT2D eigenvalue weighted by Gasteiger charge is 2.30. The largest absolute Gasteiger partial charge is 0.314 e. The lowest BCUT2D eigenvalue weighted by atomic mass is 9.87. The summed E-state index contributed by atoms with van der Waals surface area (Å²) in [4.78, 5) is 0.388. The van der Waals surface area contributed by atoms with Gasteiger partial charge in [0.1, 0.15) is 0 Å². The Hall–Kier alpha value is -0.910. The molecule has 0 aromatic heterocycles. The lowest BCUT2D eigenvalue weighted by molar-refractivity contribution is 0.284. The molecule has 5 heteroatoms. The van der Waals surface area contributed by atoms with Crippen LogP contribution in [0.3, 0.4) is 0 Å². The van der Waals surface area contributed by atoms with Crippen molar-refractivity contribution in [2.24, 2.45) is 0 Å². The highest BCUT2D eigenvalue weighted by Crippen LogP contribution is 2.25. The molecule has 4 nitrogen and oxygen atoms in total. The molecule has 1 atom stereocenters. The second kappa shape index (κ2) is 5.47. The Morgan fingerprint density at radius 1 is 1.20 bits per heavy atom. The summed E-state index contributed by atoms with van der Waals surface area (Å²) in [5.41, 5.74) is 1.18. The van der Waals surface area contributed by atoms with Crippen LogP contribution in [-0.4, -0.2) is 38.4 Å². The molecular weight excluding hydrogens is 272 g/mol. The molecule has 2 rings (SSSR count). The average molecular weight is 296 g/mol. The Bertz CT molecular complexity index is 559. The standard InChI is InChI=1S/C15H24N2O2S/c1-12-11-16-9-10-17(12)20(18,19)14-7-5-13(6-8-14)15(2,3)4/h5-8,12,16H,9-11H2,1-4H3. The predicted octanol–water partition coefficient (Wildman–Crippen LogP) is 1.97. The van der Waals surface area contributed by atoms with Crippen LogP contribution in [0.1, 0.15) is 33.3 Å². The quantitative estimate of drug-likeness (QED) is 0.907. The molecule has 1 fully saturated rings. The van der Waals surface area contributed by atoms with Gasteiger partial charge in [-0.05, 0) is 30.0 Å². The number of piperazine rings is 1. The molecule has 0 saturated carbocycles. The first-order valence-electron chi connectivity index (χ1n) is 7.06. The van der Waals surface area contributed by atoms with E-state index < -0.39 is 10.0 Å². The van der Waals surface area contributed by atoms with Crippen LogP contribution < -0.4 is 5.32 Å². The third-order valence-corrected chi connectivity index (χ3v) is 5.80. The summed E-state index contributed by atoms with van der Waals surface area (Å²) >= 11 is 0. The molecule has 1 aliphatic heterocycles. The van der Waals surface area contributed by atoms with Gasteiger partial charge in [-0.1, -0.05) is 32.9 Å². The minimum Gasteiger partial charge on any atom is -0.314 e. The first-order valence-corrected chi connectivity index (χ1v) is 8.50. The van der Waals surface area contributed by atoms with Crippen LogP contribution in [0.25, 0.3) is 0 Å². The number of sulfonamides is 1. The van der Waals surface area contributed by atoms with Gasteiger partial charge in [0.15, 0.2) is 0 Å². The topological polar surface area (TPSA) is 49.4 Å². The first-order chi connectivity index (χ1) is 9.23. The van der Waals surface area contributed by atoms with Gasteiger partial charge in [0.05, 0.1) is 4.90 Å². The van der Waals surface area contributed by atoms with E-state index in [1.807, 2.05) is 19.1 Å². The molecular formula is C15H24N2O2S. The number of benzene rings is 1. The fourth-order valence-electron chi connectivity index (χ4n) is 2.44. The smallest absolute Gasteiger partial charge is 0.243 e. The molecule has 0 bridgehead atoms. The van der Waals surface area contributed by atoms with Crippen molar-refractivity contribution in [3.8, 4) is 0 Å². The maximum Gasteiger partial charge on any atom is 0.243 e. The molecule has 0 aliphatic carbocycles. The lowest BCUT2D eigenvalue weighted by Crippen LogP contribution is -2.52. The summed E-state index contributed by atoms with van der Waals surface area (Å²) in [6, 6.07) is 7.28. The van der Waals surface area contributed by atoms with Gasteiger partial charge in [0, 0.05) is 25.7 Å². The third kappa shape index (κ3) is 3.05. The van der Waals surface area contributed by atoms with Gasteiger partial charge in [0.25, 0.3) is 0 Å². The van der Waals surface area contributed by atoms with Gasteiger partial charge >= 0.3 is 0 Å². The van der Waals surface area contributed by atoms with E-state index in [9.17, 15) is 8.42 Å². The SMILES string of the molecule is CC1CNCCN1S(=O)(=O)c1ccc(C(C)(C)C)cc1. The van der Waals surface area contributed by atoms with E-state index >= 15 is 0 Å². The van der Waals surface area contributed by atoms with Crippen molar-refractivity contribution < 1.29 is 8.42 Å². The molecule has 1 N–H and O–H groups in total. The number of rotatable bonds is 2. The molecule has 1 aromatic rings. The van der Waals surface area contributed by atoms with Crippen LogP contribution in [0.4, 0.5) is 0 Å². The van der Waals surface area contributed by atoms with Crippen molar-refractivity contribution in [2.45, 2.75) is 44.0 Å². The van der Waals surface area contributed by atoms with Gasteiger partial charge in [0.2, 0.25) is 10.0 Å². The van der Waals surface area contributed by atoms with Gasteiger partial charge < -0.3 is 5.32 Å². The lowest BCUT2D eigenvalue weighted by Gasteiger charge is -2.33. The number of hydrogen-bond acceptors (Lipinski definition) is 3. The fraction of sp³-hybridized carbons (Fsp3) is 0.600. The maximum absolute atomic E-state index is 12.7. The third-order valence-electron chi connectivity index (χ3n) is 3.77. The zero-order valence-electron chi connectivity index (χ0n) is 12.7. The molecule has 1 saturated heterocycles. The Kier molecular flexibility index (Phi) is 4.23. The first kappa shape index (κ1) is 15.5. The number of nitrogens with one attached hydrogen (secondary N) is 1. The second-order valence-corrected chi connectivity index (χ2v) is 8.33. The number of nitrogens with zero attached hydrogens (tertiary/aromatic N) is 1. The van der Waals surface area contributed by atoms with Crippen molar-refractivity contribution in [2.75, 3.05) is 19.6 Å². The van der Waals surface area contributed by atoms with Crippen molar-refractivity contribution in [3.63, 3.8) is 0 Å². The number of hydrogen-bond donors (Lipinski definition) is 1. The van der Waals surface area contributed by atoms with Gasteiger partial charge in [-0.25, -0.2) is 8.42 Å². The van der Waals surface area contributed by atoms with Crippen LogP contribution in [0.2, 0.25) is 0 Å². The van der Waals surface area contributed by atoms with Gasteiger partial charge in [-0.2, -0.15) is 4.31 Å². The molecule has 1 aromatic carbocycles. The summed E-state index contributed by atoms with van der Waals surface area (Å²) < 4.78 is 26.9. The van der Waals surface area contributed by atoms with Crippen LogP contribution >= 0.6 is 0 Å². The summed E-state index contributed by atoms with van der Waals surface area (Å²) in [5, 5.41) is 3.21. The monoisotopic (exact) mass is 296 g/mol. The Morgan fingerprint density at radius 2 is 1.80 bits per heavy atom. The molecule has 0 amide bonds. The maximum atomic E-state index is 12.7. The van der Waals surface area contributed by atoms with Crippen LogP contribution in [0.5, 0.6) is 0 Å². The zero-order valence-corrected chi connectivity index (χ0v) is 13.5. The van der Waals surface area contributed by atoms with Gasteiger partial charge in [-0.3, -0.25) is 0 Å². The Labute approximate surface area is 122 Å². The Balaban J connectivity index is 2.30. The van der Waals surface area contributed by atoms with E-state index in [-0.39, 0.29) is 11.5 Å². The molecule has 20 heavy (non-hydrogen) atoms. The summed E-state index contributed by atoms with van der Waals surface area (Å²) in [7, 11) is -3.38. The van der Waals surface area contributed by atoms with Crippen LogP contribution in [0, 0.1) is 0 Å². The normalized spacial score (nSPS) is 21.9. The van der Waals surface area contributed by atoms with Crippen molar-refractivity contribution in [1.82, 2.24) is 9.62 Å². The highest BCUT2D eigenvalue weighted by atomic mass is 32.2. The van der Waals surface area contributed by atoms with Crippen molar-refractivity contribution in [1.29, 1.82) is 0 Å². The van der Waals surface area contributed by atoms with E-state index in [4.69, 9.17) is 0 Å². The summed E-state index contributed by atoms with van der Waals surface area (Å²) in [6.45, 7) is 10.2. The molecule has 1 heterocycles. The highest BCUT2D eigenvalue weighted by molar-refractivity contribution is 7.89. The van der Waals surface area contributed by atoms with Crippen LogP contribution in [-0.2, 0) is 15.4 Å². The minimum absolute atomic E-state index is 0.00366. The minimum atomic E-state index is -3.38. The van der Waals surface area contributed by atoms with E-state index in [1.165, 1.54) is 0 Å². The van der Waals surface area contributed by atoms with Crippen molar-refractivity contribution >= 4 is 10.0 Å². The fourth-order valence-corrected chi connectivity index (χ4v) is 4.07. The average Bonchev–Trinajstić information content (AvgIpc) is 2.38. The van der Waals surface area contributed by atoms with E-state index in [1.54, 1.807) is 16.4 Å². The summed E-state index contributed by atoms with van der Waals surface area (Å²) in [6.07, 6.45) is 0. The van der Waals surface area contributed by atoms with Crippen molar-refractivity contribution in [3.05, 3.63) is 29.8 Å².